The number of hydrogen-bond acceptors (Lipinski definition) is 6. The summed E-state index contributed by atoms with van der Waals surface area (Å²) < 4.78 is 15.8. The largest absolute Gasteiger partial charge is 0.459 e. The van der Waals surface area contributed by atoms with Gasteiger partial charge in [-0.05, 0) is 19.4 Å². The molecule has 18 heavy (non-hydrogen) atoms. The van der Waals surface area contributed by atoms with Gasteiger partial charge < -0.3 is 19.4 Å². The smallest absolute Gasteiger partial charge is 0.293 e. The topological polar surface area (TPSA) is 87.3 Å². The first-order valence-electron chi connectivity index (χ1n) is 5.93. The fraction of sp³-hybridized carbons (Fsp3) is 0.500. The molecule has 0 aliphatic heterocycles. The summed E-state index contributed by atoms with van der Waals surface area (Å²) in [4.78, 5) is 4.22. The number of furan rings is 1. The Labute approximate surface area is 105 Å². The van der Waals surface area contributed by atoms with Gasteiger partial charge in [-0.15, -0.1) is 0 Å². The molecule has 0 saturated heterocycles. The fourth-order valence-electron chi connectivity index (χ4n) is 1.50. The first kappa shape index (κ1) is 12.8. The number of ether oxygens (including phenoxy) is 1. The van der Waals surface area contributed by atoms with Crippen LogP contribution in [0.25, 0.3) is 11.7 Å². The molecule has 6 heteroatoms. The van der Waals surface area contributed by atoms with Crippen molar-refractivity contribution in [2.75, 3.05) is 13.2 Å². The highest BCUT2D eigenvalue weighted by Crippen LogP contribution is 2.23. The average molecular weight is 251 g/mol. The summed E-state index contributed by atoms with van der Waals surface area (Å²) in [5, 5.41) is 3.84. The third-order valence-corrected chi connectivity index (χ3v) is 2.48. The van der Waals surface area contributed by atoms with Gasteiger partial charge in [-0.3, -0.25) is 0 Å². The SMILES string of the molecule is CCCOCC(N)c1noc(-c2occc2C)n1. The zero-order valence-electron chi connectivity index (χ0n) is 10.5. The van der Waals surface area contributed by atoms with Crippen LogP contribution in [0.3, 0.4) is 0 Å². The molecule has 6 nitrogen and oxygen atoms in total. The second kappa shape index (κ2) is 5.79. The number of rotatable bonds is 6. The molecule has 1 unspecified atom stereocenters. The van der Waals surface area contributed by atoms with Crippen molar-refractivity contribution in [1.82, 2.24) is 10.1 Å². The first-order valence-corrected chi connectivity index (χ1v) is 5.93. The summed E-state index contributed by atoms with van der Waals surface area (Å²) in [6, 6.07) is 1.45. The van der Waals surface area contributed by atoms with Crippen LogP contribution in [0.5, 0.6) is 0 Å². The van der Waals surface area contributed by atoms with E-state index in [0.29, 0.717) is 30.7 Å². The molecule has 2 aromatic rings. The lowest BCUT2D eigenvalue weighted by molar-refractivity contribution is 0.119. The lowest BCUT2D eigenvalue weighted by Crippen LogP contribution is -2.18. The van der Waals surface area contributed by atoms with Gasteiger partial charge >= 0.3 is 0 Å². The van der Waals surface area contributed by atoms with Gasteiger partial charge in [0.2, 0.25) is 0 Å². The number of aromatic nitrogens is 2. The van der Waals surface area contributed by atoms with E-state index in [0.717, 1.165) is 12.0 Å². The Balaban J connectivity index is 2.04. The maximum atomic E-state index is 5.90. The highest BCUT2D eigenvalue weighted by Gasteiger charge is 2.18. The standard InChI is InChI=1S/C12H17N3O3/c1-3-5-16-7-9(13)11-14-12(18-15-11)10-8(2)4-6-17-10/h4,6,9H,3,5,7,13H2,1-2H3. The Hall–Kier alpha value is -1.66. The Kier molecular flexibility index (Phi) is 4.11. The van der Waals surface area contributed by atoms with Crippen molar-refractivity contribution in [1.29, 1.82) is 0 Å². The van der Waals surface area contributed by atoms with E-state index in [2.05, 4.69) is 10.1 Å². The van der Waals surface area contributed by atoms with E-state index in [4.69, 9.17) is 19.4 Å². The summed E-state index contributed by atoms with van der Waals surface area (Å²) in [6.07, 6.45) is 2.54. The normalized spacial score (nSPS) is 12.8. The molecule has 0 fully saturated rings. The van der Waals surface area contributed by atoms with Gasteiger partial charge in [0.15, 0.2) is 11.6 Å². The van der Waals surface area contributed by atoms with E-state index in [1.54, 1.807) is 6.26 Å². The molecular weight excluding hydrogens is 234 g/mol. The minimum Gasteiger partial charge on any atom is -0.459 e. The molecule has 0 saturated carbocycles. The van der Waals surface area contributed by atoms with Gasteiger partial charge in [-0.2, -0.15) is 4.98 Å². The van der Waals surface area contributed by atoms with E-state index in [9.17, 15) is 0 Å². The Morgan fingerprint density at radius 2 is 2.33 bits per heavy atom. The molecule has 0 spiro atoms. The summed E-state index contributed by atoms with van der Waals surface area (Å²) in [6.45, 7) is 5.00. The van der Waals surface area contributed by atoms with E-state index in [1.807, 2.05) is 19.9 Å². The van der Waals surface area contributed by atoms with Crippen molar-refractivity contribution in [3.8, 4) is 11.7 Å². The van der Waals surface area contributed by atoms with E-state index in [1.165, 1.54) is 0 Å². The van der Waals surface area contributed by atoms with E-state index < -0.39 is 0 Å². The van der Waals surface area contributed by atoms with E-state index >= 15 is 0 Å². The maximum Gasteiger partial charge on any atom is 0.293 e. The molecule has 0 radical (unpaired) electrons. The second-order valence-corrected chi connectivity index (χ2v) is 4.07. The molecule has 0 bridgehead atoms. The number of hydrogen-bond donors (Lipinski definition) is 1. The van der Waals surface area contributed by atoms with Crippen molar-refractivity contribution >= 4 is 0 Å². The monoisotopic (exact) mass is 251 g/mol. The van der Waals surface area contributed by atoms with Crippen LogP contribution in [0.4, 0.5) is 0 Å². The Morgan fingerprint density at radius 1 is 1.50 bits per heavy atom. The number of nitrogens with two attached hydrogens (primary N) is 1. The van der Waals surface area contributed by atoms with Crippen LogP contribution in [0.2, 0.25) is 0 Å². The van der Waals surface area contributed by atoms with Crippen molar-refractivity contribution in [3.63, 3.8) is 0 Å². The van der Waals surface area contributed by atoms with Crippen molar-refractivity contribution in [3.05, 3.63) is 23.7 Å². The van der Waals surface area contributed by atoms with Crippen LogP contribution in [0, 0.1) is 6.92 Å². The fourth-order valence-corrected chi connectivity index (χ4v) is 1.50. The van der Waals surface area contributed by atoms with Crippen LogP contribution < -0.4 is 5.73 Å². The zero-order chi connectivity index (χ0) is 13.0. The molecule has 98 valence electrons. The lowest BCUT2D eigenvalue weighted by Gasteiger charge is -2.06. The molecule has 2 rings (SSSR count). The minimum absolute atomic E-state index is 0.346. The highest BCUT2D eigenvalue weighted by molar-refractivity contribution is 5.49. The van der Waals surface area contributed by atoms with Crippen molar-refractivity contribution in [2.45, 2.75) is 26.3 Å². The molecular formula is C12H17N3O3. The second-order valence-electron chi connectivity index (χ2n) is 4.07. The Morgan fingerprint density at radius 3 is 3.00 bits per heavy atom. The van der Waals surface area contributed by atoms with Crippen molar-refractivity contribution < 1.29 is 13.7 Å². The van der Waals surface area contributed by atoms with Crippen LogP contribution in [-0.4, -0.2) is 23.4 Å². The van der Waals surface area contributed by atoms with Crippen molar-refractivity contribution in [2.24, 2.45) is 5.73 Å². The lowest BCUT2D eigenvalue weighted by atomic mass is 10.3. The third-order valence-electron chi connectivity index (χ3n) is 2.48. The molecule has 2 heterocycles. The molecule has 0 aromatic carbocycles. The quantitative estimate of drug-likeness (QED) is 0.791. The molecule has 2 aromatic heterocycles. The third kappa shape index (κ3) is 2.77. The molecule has 0 aliphatic rings. The first-order chi connectivity index (χ1) is 8.72. The summed E-state index contributed by atoms with van der Waals surface area (Å²) in [7, 11) is 0. The van der Waals surface area contributed by atoms with Crippen LogP contribution in [0.15, 0.2) is 21.3 Å². The summed E-state index contributed by atoms with van der Waals surface area (Å²) in [5.41, 5.74) is 6.85. The average Bonchev–Trinajstić information content (AvgIpc) is 2.97. The van der Waals surface area contributed by atoms with E-state index in [-0.39, 0.29) is 6.04 Å². The van der Waals surface area contributed by atoms with Crippen LogP contribution in [-0.2, 0) is 4.74 Å². The minimum atomic E-state index is -0.385. The van der Waals surface area contributed by atoms with Crippen LogP contribution >= 0.6 is 0 Å². The molecule has 2 N–H and O–H groups in total. The van der Waals surface area contributed by atoms with Crippen LogP contribution in [0.1, 0.15) is 30.8 Å². The number of nitrogens with zero attached hydrogens (tertiary/aromatic N) is 2. The van der Waals surface area contributed by atoms with Gasteiger partial charge in [-0.1, -0.05) is 12.1 Å². The van der Waals surface area contributed by atoms with Gasteiger partial charge in [-0.25, -0.2) is 0 Å². The van der Waals surface area contributed by atoms with Gasteiger partial charge in [0, 0.05) is 12.2 Å². The highest BCUT2D eigenvalue weighted by atomic mass is 16.5. The Bertz CT molecular complexity index is 492. The molecule has 0 amide bonds. The number of aryl methyl sites for hydroxylation is 1. The maximum absolute atomic E-state index is 5.90. The van der Waals surface area contributed by atoms with Gasteiger partial charge in [0.25, 0.3) is 5.89 Å². The van der Waals surface area contributed by atoms with Gasteiger partial charge in [0.05, 0.1) is 18.9 Å². The predicted molar refractivity (Wildman–Crippen MR) is 64.8 cm³/mol. The zero-order valence-corrected chi connectivity index (χ0v) is 10.5. The molecule has 1 atom stereocenters. The molecule has 0 aliphatic carbocycles. The summed E-state index contributed by atoms with van der Waals surface area (Å²) >= 11 is 0. The van der Waals surface area contributed by atoms with Gasteiger partial charge in [0.1, 0.15) is 0 Å². The summed E-state index contributed by atoms with van der Waals surface area (Å²) in [5.74, 6) is 1.35. The predicted octanol–water partition coefficient (Wildman–Crippen LogP) is 2.06.